The smallest absolute Gasteiger partial charge is 0.222 e. The molecule has 17 heavy (non-hydrogen) atoms. The molecule has 0 radical (unpaired) electrons. The van der Waals surface area contributed by atoms with E-state index in [0.29, 0.717) is 16.5 Å². The number of rotatable bonds is 5. The second-order valence-corrected chi connectivity index (χ2v) is 5.76. The molecule has 1 aromatic rings. The van der Waals surface area contributed by atoms with Crippen molar-refractivity contribution in [3.63, 3.8) is 0 Å². The number of carbonyl (C=O) groups excluding carboxylic acids is 1. The van der Waals surface area contributed by atoms with Crippen LogP contribution in [0.15, 0.2) is 18.2 Å². The molecule has 0 unspecified atom stereocenters. The third-order valence-corrected chi connectivity index (χ3v) is 3.98. The van der Waals surface area contributed by atoms with Crippen LogP contribution in [0.3, 0.4) is 0 Å². The fourth-order valence-electron chi connectivity index (χ4n) is 1.20. The largest absolute Gasteiger partial charge is 0.349 e. The Morgan fingerprint density at radius 3 is 2.59 bits per heavy atom. The lowest BCUT2D eigenvalue weighted by Crippen LogP contribution is -2.21. The zero-order chi connectivity index (χ0) is 12.8. The highest BCUT2D eigenvalue weighted by atomic mass is 35.5. The fourth-order valence-corrected chi connectivity index (χ4v) is 2.40. The normalized spacial score (nSPS) is 10.4. The van der Waals surface area contributed by atoms with Crippen LogP contribution in [0, 0.1) is 0 Å². The molecule has 5 heteroatoms. The first-order chi connectivity index (χ1) is 8.00. The summed E-state index contributed by atoms with van der Waals surface area (Å²) < 4.78 is 0. The molecule has 0 saturated heterocycles. The van der Waals surface area contributed by atoms with Gasteiger partial charge in [-0.2, -0.15) is 11.8 Å². The van der Waals surface area contributed by atoms with Gasteiger partial charge in [-0.3, -0.25) is 4.79 Å². The van der Waals surface area contributed by atoms with Crippen LogP contribution in [0.5, 0.6) is 0 Å². The van der Waals surface area contributed by atoms with Gasteiger partial charge in [0.25, 0.3) is 0 Å². The van der Waals surface area contributed by atoms with Crippen molar-refractivity contribution in [2.45, 2.75) is 12.2 Å². The van der Waals surface area contributed by atoms with E-state index in [0.717, 1.165) is 17.1 Å². The Balaban J connectivity index is 2.31. The Kier molecular flexibility index (Phi) is 6.17. The average molecular weight is 292 g/mol. The molecule has 0 atom stereocenters. The van der Waals surface area contributed by atoms with Crippen molar-refractivity contribution >= 4 is 40.9 Å². The van der Waals surface area contributed by atoms with Gasteiger partial charge in [0.05, 0.1) is 10.0 Å². The lowest BCUT2D eigenvalue weighted by Gasteiger charge is -2.09. The van der Waals surface area contributed by atoms with Crippen molar-refractivity contribution < 1.29 is 4.79 Å². The fraction of sp³-hybridized carbons (Fsp3) is 0.417. The second kappa shape index (κ2) is 7.14. The van der Waals surface area contributed by atoms with Gasteiger partial charge in [0, 0.05) is 32.0 Å². The SMILES string of the molecule is CN(C)C(=O)CCSCc1ccc(Cl)c(Cl)c1. The van der Waals surface area contributed by atoms with Crippen molar-refractivity contribution in [1.29, 1.82) is 0 Å². The van der Waals surface area contributed by atoms with Crippen molar-refractivity contribution in [2.24, 2.45) is 0 Å². The van der Waals surface area contributed by atoms with E-state index in [2.05, 4.69) is 0 Å². The highest BCUT2D eigenvalue weighted by Crippen LogP contribution is 2.24. The number of amides is 1. The molecule has 0 aliphatic carbocycles. The predicted octanol–water partition coefficient (Wildman–Crippen LogP) is 3.70. The van der Waals surface area contributed by atoms with Crippen LogP contribution in [0.25, 0.3) is 0 Å². The molecular weight excluding hydrogens is 277 g/mol. The van der Waals surface area contributed by atoms with E-state index in [4.69, 9.17) is 23.2 Å². The Hall–Kier alpha value is -0.380. The quantitative estimate of drug-likeness (QED) is 0.771. The highest BCUT2D eigenvalue weighted by Gasteiger charge is 2.04. The van der Waals surface area contributed by atoms with Crippen molar-refractivity contribution in [2.75, 3.05) is 19.8 Å². The Morgan fingerprint density at radius 1 is 1.29 bits per heavy atom. The number of thioether (sulfide) groups is 1. The maximum Gasteiger partial charge on any atom is 0.222 e. The van der Waals surface area contributed by atoms with E-state index in [-0.39, 0.29) is 5.91 Å². The molecule has 0 aliphatic heterocycles. The molecule has 1 rings (SSSR count). The summed E-state index contributed by atoms with van der Waals surface area (Å²) in [5, 5.41) is 1.15. The topological polar surface area (TPSA) is 20.3 Å². The molecule has 0 spiro atoms. The molecule has 0 N–H and O–H groups in total. The summed E-state index contributed by atoms with van der Waals surface area (Å²) in [5.41, 5.74) is 1.13. The van der Waals surface area contributed by atoms with Gasteiger partial charge < -0.3 is 4.90 Å². The molecule has 94 valence electrons. The lowest BCUT2D eigenvalue weighted by atomic mass is 10.2. The van der Waals surface area contributed by atoms with E-state index in [9.17, 15) is 4.79 Å². The molecule has 1 amide bonds. The first kappa shape index (κ1) is 14.7. The molecule has 0 bridgehead atoms. The van der Waals surface area contributed by atoms with Gasteiger partial charge in [-0.1, -0.05) is 29.3 Å². The van der Waals surface area contributed by atoms with E-state index in [1.165, 1.54) is 0 Å². The van der Waals surface area contributed by atoms with Crippen molar-refractivity contribution in [3.8, 4) is 0 Å². The van der Waals surface area contributed by atoms with E-state index in [1.54, 1.807) is 36.8 Å². The van der Waals surface area contributed by atoms with E-state index < -0.39 is 0 Å². The Bertz CT molecular complexity index is 396. The monoisotopic (exact) mass is 291 g/mol. The molecule has 0 saturated carbocycles. The third kappa shape index (κ3) is 5.19. The van der Waals surface area contributed by atoms with Crippen LogP contribution in [0.1, 0.15) is 12.0 Å². The maximum absolute atomic E-state index is 11.3. The molecule has 0 fully saturated rings. The van der Waals surface area contributed by atoms with Gasteiger partial charge in [0.2, 0.25) is 5.91 Å². The average Bonchev–Trinajstić information content (AvgIpc) is 2.28. The molecular formula is C12H15Cl2NOS. The minimum atomic E-state index is 0.159. The first-order valence-electron chi connectivity index (χ1n) is 5.22. The minimum absolute atomic E-state index is 0.159. The zero-order valence-electron chi connectivity index (χ0n) is 9.87. The van der Waals surface area contributed by atoms with Crippen LogP contribution in [-0.4, -0.2) is 30.7 Å². The minimum Gasteiger partial charge on any atom is -0.349 e. The van der Waals surface area contributed by atoms with Crippen molar-refractivity contribution in [3.05, 3.63) is 33.8 Å². The van der Waals surface area contributed by atoms with Crippen LogP contribution in [0.2, 0.25) is 10.0 Å². The number of hydrogen-bond donors (Lipinski definition) is 0. The molecule has 1 aromatic carbocycles. The second-order valence-electron chi connectivity index (χ2n) is 3.84. The summed E-state index contributed by atoms with van der Waals surface area (Å²) in [6, 6.07) is 5.62. The number of halogens is 2. The van der Waals surface area contributed by atoms with Gasteiger partial charge in [0.15, 0.2) is 0 Å². The van der Waals surface area contributed by atoms with Gasteiger partial charge in [-0.05, 0) is 17.7 Å². The predicted molar refractivity (Wildman–Crippen MR) is 75.9 cm³/mol. The summed E-state index contributed by atoms with van der Waals surface area (Å²) in [6.07, 6.45) is 0.568. The van der Waals surface area contributed by atoms with Crippen LogP contribution >= 0.6 is 35.0 Å². The first-order valence-corrected chi connectivity index (χ1v) is 7.13. The molecule has 2 nitrogen and oxygen atoms in total. The standard InChI is InChI=1S/C12H15Cl2NOS/c1-15(2)12(16)5-6-17-8-9-3-4-10(13)11(14)7-9/h3-4,7H,5-6,8H2,1-2H3. The summed E-state index contributed by atoms with van der Waals surface area (Å²) in [4.78, 5) is 12.9. The van der Waals surface area contributed by atoms with Gasteiger partial charge in [-0.15, -0.1) is 0 Å². The number of benzene rings is 1. The highest BCUT2D eigenvalue weighted by molar-refractivity contribution is 7.98. The van der Waals surface area contributed by atoms with E-state index >= 15 is 0 Å². The Labute approximate surface area is 116 Å². The number of carbonyl (C=O) groups is 1. The van der Waals surface area contributed by atoms with E-state index in [1.807, 2.05) is 12.1 Å². The van der Waals surface area contributed by atoms with Crippen molar-refractivity contribution in [1.82, 2.24) is 4.90 Å². The summed E-state index contributed by atoms with van der Waals surface area (Å²) in [6.45, 7) is 0. The molecule has 0 aliphatic rings. The number of hydrogen-bond acceptors (Lipinski definition) is 2. The van der Waals surface area contributed by atoms with Gasteiger partial charge >= 0.3 is 0 Å². The zero-order valence-corrected chi connectivity index (χ0v) is 12.2. The summed E-state index contributed by atoms with van der Waals surface area (Å²) >= 11 is 13.5. The number of nitrogens with zero attached hydrogens (tertiary/aromatic N) is 1. The summed E-state index contributed by atoms with van der Waals surface area (Å²) in [7, 11) is 3.54. The van der Waals surface area contributed by atoms with Crippen LogP contribution in [0.4, 0.5) is 0 Å². The molecule has 0 aromatic heterocycles. The van der Waals surface area contributed by atoms with Gasteiger partial charge in [-0.25, -0.2) is 0 Å². The maximum atomic E-state index is 11.3. The summed E-state index contributed by atoms with van der Waals surface area (Å²) in [5.74, 6) is 1.82. The Morgan fingerprint density at radius 2 is 2.00 bits per heavy atom. The molecule has 0 heterocycles. The third-order valence-electron chi connectivity index (χ3n) is 2.21. The van der Waals surface area contributed by atoms with Crippen LogP contribution < -0.4 is 0 Å². The van der Waals surface area contributed by atoms with Gasteiger partial charge in [0.1, 0.15) is 0 Å². The van der Waals surface area contributed by atoms with Crippen LogP contribution in [-0.2, 0) is 10.5 Å². The lowest BCUT2D eigenvalue weighted by molar-refractivity contribution is -0.128.